The van der Waals surface area contributed by atoms with Gasteiger partial charge in [-0.2, -0.15) is 0 Å². The smallest absolute Gasteiger partial charge is 0.253 e. The maximum atomic E-state index is 13.5. The Bertz CT molecular complexity index is 855. The standard InChI is InChI=1S/C17H19FN2O4S/c1-20(10-11-24-16-9-4-3-8-15(16)18)17(21)13-6-5-7-14(12-13)19-25(2,22)23/h3-9,12,19H,10-11H2,1-2H3. The fraction of sp³-hybridized carbons (Fsp3) is 0.235. The Labute approximate surface area is 146 Å². The average molecular weight is 366 g/mol. The first-order valence-electron chi connectivity index (χ1n) is 7.47. The number of ether oxygens (including phenoxy) is 1. The molecule has 0 spiro atoms. The van der Waals surface area contributed by atoms with Gasteiger partial charge in [0.2, 0.25) is 10.0 Å². The lowest BCUT2D eigenvalue weighted by molar-refractivity contribution is 0.0773. The number of carbonyl (C=O) groups is 1. The van der Waals surface area contributed by atoms with Gasteiger partial charge in [-0.05, 0) is 30.3 Å². The molecule has 6 nitrogen and oxygen atoms in total. The number of para-hydroxylation sites is 1. The molecule has 2 aromatic rings. The maximum Gasteiger partial charge on any atom is 0.253 e. The van der Waals surface area contributed by atoms with Crippen LogP contribution in [0.15, 0.2) is 48.5 Å². The number of hydrogen-bond donors (Lipinski definition) is 1. The van der Waals surface area contributed by atoms with Crippen molar-refractivity contribution in [3.05, 3.63) is 59.9 Å². The van der Waals surface area contributed by atoms with E-state index < -0.39 is 15.8 Å². The summed E-state index contributed by atoms with van der Waals surface area (Å²) in [6.07, 6.45) is 1.04. The normalized spacial score (nSPS) is 11.0. The third-order valence-corrected chi connectivity index (χ3v) is 3.89. The molecule has 0 radical (unpaired) electrons. The molecule has 0 saturated carbocycles. The van der Waals surface area contributed by atoms with Crippen LogP contribution in [0.3, 0.4) is 0 Å². The Morgan fingerprint density at radius 3 is 2.60 bits per heavy atom. The fourth-order valence-electron chi connectivity index (χ4n) is 2.11. The highest BCUT2D eigenvalue weighted by molar-refractivity contribution is 7.92. The van der Waals surface area contributed by atoms with E-state index in [1.165, 1.54) is 23.1 Å². The summed E-state index contributed by atoms with van der Waals surface area (Å²) in [5.74, 6) is -0.631. The van der Waals surface area contributed by atoms with Gasteiger partial charge in [0.1, 0.15) is 6.61 Å². The van der Waals surface area contributed by atoms with Crippen molar-refractivity contribution in [1.29, 1.82) is 0 Å². The highest BCUT2D eigenvalue weighted by Gasteiger charge is 2.13. The second-order valence-corrected chi connectivity index (χ2v) is 7.21. The zero-order valence-corrected chi connectivity index (χ0v) is 14.7. The largest absolute Gasteiger partial charge is 0.489 e. The molecule has 0 aromatic heterocycles. The summed E-state index contributed by atoms with van der Waals surface area (Å²) in [7, 11) is -1.83. The number of rotatable bonds is 7. The molecule has 134 valence electrons. The Morgan fingerprint density at radius 2 is 1.92 bits per heavy atom. The van der Waals surface area contributed by atoms with Gasteiger partial charge in [0.05, 0.1) is 12.8 Å². The van der Waals surface area contributed by atoms with Gasteiger partial charge in [-0.25, -0.2) is 12.8 Å². The molecule has 0 unspecified atom stereocenters. The van der Waals surface area contributed by atoms with E-state index in [1.807, 2.05) is 0 Å². The van der Waals surface area contributed by atoms with E-state index >= 15 is 0 Å². The van der Waals surface area contributed by atoms with E-state index in [-0.39, 0.29) is 24.8 Å². The molecule has 1 amide bonds. The van der Waals surface area contributed by atoms with Crippen LogP contribution in [0.4, 0.5) is 10.1 Å². The Balaban J connectivity index is 1.95. The van der Waals surface area contributed by atoms with E-state index in [9.17, 15) is 17.6 Å². The van der Waals surface area contributed by atoms with Crippen molar-refractivity contribution in [3.8, 4) is 5.75 Å². The van der Waals surface area contributed by atoms with Gasteiger partial charge < -0.3 is 9.64 Å². The van der Waals surface area contributed by atoms with Crippen molar-refractivity contribution >= 4 is 21.6 Å². The van der Waals surface area contributed by atoms with E-state index in [0.717, 1.165) is 6.26 Å². The number of amides is 1. The predicted octanol–water partition coefficient (Wildman–Crippen LogP) is 2.35. The second-order valence-electron chi connectivity index (χ2n) is 5.46. The van der Waals surface area contributed by atoms with Crippen LogP contribution in [0.2, 0.25) is 0 Å². The number of sulfonamides is 1. The molecule has 0 heterocycles. The molecule has 0 aliphatic rings. The van der Waals surface area contributed by atoms with Gasteiger partial charge in [0.15, 0.2) is 11.6 Å². The molecule has 0 bridgehead atoms. The van der Waals surface area contributed by atoms with E-state index in [1.54, 1.807) is 37.4 Å². The summed E-state index contributed by atoms with van der Waals surface area (Å²) >= 11 is 0. The molecule has 1 N–H and O–H groups in total. The van der Waals surface area contributed by atoms with Gasteiger partial charge in [-0.15, -0.1) is 0 Å². The molecule has 2 rings (SSSR count). The molecule has 0 fully saturated rings. The molecule has 0 atom stereocenters. The summed E-state index contributed by atoms with van der Waals surface area (Å²) in [5, 5.41) is 0. The van der Waals surface area contributed by atoms with Crippen molar-refractivity contribution in [2.45, 2.75) is 0 Å². The third-order valence-electron chi connectivity index (χ3n) is 3.28. The summed E-state index contributed by atoms with van der Waals surface area (Å²) in [6, 6.07) is 12.2. The molecule has 2 aromatic carbocycles. The van der Waals surface area contributed by atoms with Crippen LogP contribution in [0.1, 0.15) is 10.4 Å². The van der Waals surface area contributed by atoms with Crippen LogP contribution >= 0.6 is 0 Å². The van der Waals surface area contributed by atoms with Crippen molar-refractivity contribution in [2.75, 3.05) is 31.2 Å². The van der Waals surface area contributed by atoms with Crippen LogP contribution < -0.4 is 9.46 Å². The molecular formula is C17H19FN2O4S. The quantitative estimate of drug-likeness (QED) is 0.816. The summed E-state index contributed by atoms with van der Waals surface area (Å²) in [6.45, 7) is 0.376. The maximum absolute atomic E-state index is 13.5. The number of benzene rings is 2. The van der Waals surface area contributed by atoms with Crippen molar-refractivity contribution in [2.24, 2.45) is 0 Å². The van der Waals surface area contributed by atoms with Gasteiger partial charge in [-0.3, -0.25) is 9.52 Å². The van der Waals surface area contributed by atoms with Crippen molar-refractivity contribution in [1.82, 2.24) is 4.90 Å². The molecular weight excluding hydrogens is 347 g/mol. The second kappa shape index (κ2) is 7.98. The Kier molecular flexibility index (Phi) is 5.97. The SMILES string of the molecule is CN(CCOc1ccccc1F)C(=O)c1cccc(NS(C)(=O)=O)c1. The van der Waals surface area contributed by atoms with Crippen LogP contribution in [-0.4, -0.2) is 45.7 Å². The Hall–Kier alpha value is -2.61. The first kappa shape index (κ1) is 18.7. The predicted molar refractivity (Wildman–Crippen MR) is 93.8 cm³/mol. The third kappa shape index (κ3) is 5.75. The number of nitrogens with one attached hydrogen (secondary N) is 1. The van der Waals surface area contributed by atoms with Gasteiger partial charge in [0, 0.05) is 18.3 Å². The summed E-state index contributed by atoms with van der Waals surface area (Å²) in [5.41, 5.74) is 0.645. The topological polar surface area (TPSA) is 75.7 Å². The van der Waals surface area contributed by atoms with Crippen molar-refractivity contribution < 1.29 is 22.3 Å². The number of hydrogen-bond acceptors (Lipinski definition) is 4. The lowest BCUT2D eigenvalue weighted by atomic mass is 10.2. The fourth-order valence-corrected chi connectivity index (χ4v) is 2.66. The average Bonchev–Trinajstić information content (AvgIpc) is 2.54. The lowest BCUT2D eigenvalue weighted by Gasteiger charge is -2.18. The number of likely N-dealkylation sites (N-methyl/N-ethyl adjacent to an activating group) is 1. The minimum Gasteiger partial charge on any atom is -0.489 e. The van der Waals surface area contributed by atoms with Gasteiger partial charge in [0.25, 0.3) is 5.91 Å². The summed E-state index contributed by atoms with van der Waals surface area (Å²) < 4.78 is 43.6. The lowest BCUT2D eigenvalue weighted by Crippen LogP contribution is -2.31. The Morgan fingerprint density at radius 1 is 1.20 bits per heavy atom. The first-order valence-corrected chi connectivity index (χ1v) is 9.36. The minimum absolute atomic E-state index is 0.127. The number of carbonyl (C=O) groups excluding carboxylic acids is 1. The number of halogens is 1. The van der Waals surface area contributed by atoms with Crippen LogP contribution in [0, 0.1) is 5.82 Å². The number of nitrogens with zero attached hydrogens (tertiary/aromatic N) is 1. The summed E-state index contributed by atoms with van der Waals surface area (Å²) in [4.78, 5) is 13.8. The van der Waals surface area contributed by atoms with Gasteiger partial charge in [-0.1, -0.05) is 18.2 Å². The van der Waals surface area contributed by atoms with Crippen molar-refractivity contribution in [3.63, 3.8) is 0 Å². The van der Waals surface area contributed by atoms with Gasteiger partial charge >= 0.3 is 0 Å². The minimum atomic E-state index is -3.42. The van der Waals surface area contributed by atoms with E-state index in [2.05, 4.69) is 4.72 Å². The first-order chi connectivity index (χ1) is 11.8. The molecule has 8 heteroatoms. The molecule has 0 saturated heterocycles. The van der Waals surface area contributed by atoms with E-state index in [4.69, 9.17) is 4.74 Å². The number of anilines is 1. The zero-order valence-electron chi connectivity index (χ0n) is 13.9. The highest BCUT2D eigenvalue weighted by atomic mass is 32.2. The van der Waals surface area contributed by atoms with Crippen LogP contribution in [0.5, 0.6) is 5.75 Å². The molecule has 25 heavy (non-hydrogen) atoms. The highest BCUT2D eigenvalue weighted by Crippen LogP contribution is 2.16. The monoisotopic (exact) mass is 366 g/mol. The van der Waals surface area contributed by atoms with Crippen LogP contribution in [-0.2, 0) is 10.0 Å². The zero-order chi connectivity index (χ0) is 18.4. The van der Waals surface area contributed by atoms with E-state index in [0.29, 0.717) is 11.3 Å². The van der Waals surface area contributed by atoms with Crippen LogP contribution in [0.25, 0.3) is 0 Å². The molecule has 0 aliphatic carbocycles. The molecule has 0 aliphatic heterocycles.